The van der Waals surface area contributed by atoms with Crippen molar-refractivity contribution in [2.75, 3.05) is 46.9 Å². The number of carbonyl (C=O) groups is 2. The minimum atomic E-state index is -0.452. The molecule has 0 bridgehead atoms. The molecule has 224 valence electrons. The van der Waals surface area contributed by atoms with E-state index < -0.39 is 5.97 Å². The molecule has 1 saturated heterocycles. The number of hydrogen-bond acceptors (Lipinski definition) is 8. The van der Waals surface area contributed by atoms with Crippen molar-refractivity contribution in [2.45, 2.75) is 19.9 Å². The second kappa shape index (κ2) is 13.2. The van der Waals surface area contributed by atoms with Crippen molar-refractivity contribution in [3.63, 3.8) is 0 Å². The Morgan fingerprint density at radius 2 is 1.84 bits per heavy atom. The summed E-state index contributed by atoms with van der Waals surface area (Å²) in [6.45, 7) is 8.02. The SMILES string of the molecule is COC(=O)c1cc2[nH]c(O)c(C(=Nc3ccc(C(=O)N(C)OCCN4CCNC(C)C4)cc3)c3ccccc3)c2cc1C. The number of aromatic nitrogens is 1. The summed E-state index contributed by atoms with van der Waals surface area (Å²) in [6, 6.07) is 20.4. The van der Waals surface area contributed by atoms with E-state index in [1.165, 1.54) is 12.2 Å². The first kappa shape index (κ1) is 30.0. The molecule has 0 aliphatic carbocycles. The number of nitrogens with zero attached hydrogens (tertiary/aromatic N) is 3. The third-order valence-electron chi connectivity index (χ3n) is 7.60. The molecule has 10 nitrogen and oxygen atoms in total. The fourth-order valence-electron chi connectivity index (χ4n) is 5.34. The predicted octanol–water partition coefficient (Wildman–Crippen LogP) is 4.43. The van der Waals surface area contributed by atoms with Crippen molar-refractivity contribution >= 4 is 34.2 Å². The molecule has 1 atom stereocenters. The monoisotopic (exact) mass is 583 g/mol. The van der Waals surface area contributed by atoms with E-state index in [1.807, 2.05) is 43.3 Å². The molecule has 43 heavy (non-hydrogen) atoms. The molecule has 0 saturated carbocycles. The number of fused-ring (bicyclic) bond motifs is 1. The van der Waals surface area contributed by atoms with Gasteiger partial charge in [-0.2, -0.15) is 0 Å². The van der Waals surface area contributed by atoms with Gasteiger partial charge < -0.3 is 20.1 Å². The first-order chi connectivity index (χ1) is 20.7. The van der Waals surface area contributed by atoms with Gasteiger partial charge in [-0.25, -0.2) is 14.9 Å². The van der Waals surface area contributed by atoms with E-state index in [4.69, 9.17) is 14.6 Å². The summed E-state index contributed by atoms with van der Waals surface area (Å²) in [5, 5.41) is 16.4. The highest BCUT2D eigenvalue weighted by molar-refractivity contribution is 6.22. The molecule has 4 aromatic rings. The molecule has 1 aliphatic heterocycles. The van der Waals surface area contributed by atoms with E-state index >= 15 is 0 Å². The predicted molar refractivity (Wildman–Crippen MR) is 166 cm³/mol. The van der Waals surface area contributed by atoms with E-state index in [2.05, 4.69) is 22.1 Å². The van der Waals surface area contributed by atoms with E-state index in [0.29, 0.717) is 57.2 Å². The number of aryl methyl sites for hydroxylation is 1. The number of aromatic hydroxyl groups is 1. The van der Waals surface area contributed by atoms with Gasteiger partial charge >= 0.3 is 5.97 Å². The summed E-state index contributed by atoms with van der Waals surface area (Å²) < 4.78 is 4.91. The van der Waals surface area contributed by atoms with Crippen molar-refractivity contribution in [1.82, 2.24) is 20.3 Å². The molecule has 10 heteroatoms. The van der Waals surface area contributed by atoms with Crippen LogP contribution in [0.15, 0.2) is 71.7 Å². The lowest BCUT2D eigenvalue weighted by atomic mass is 9.98. The molecule has 0 spiro atoms. The lowest BCUT2D eigenvalue weighted by Crippen LogP contribution is -2.50. The standard InChI is InChI=1S/C33H37N5O5/c1-21-18-27-28(19-26(21)33(41)42-4)36-31(39)29(27)30(23-8-6-5-7-9-23)35-25-12-10-24(11-13-25)32(40)37(3)43-17-16-38-15-14-34-22(2)20-38/h5-13,18-19,22,34,36,39H,14-17,20H2,1-4H3. The second-order valence-corrected chi connectivity index (χ2v) is 10.7. The van der Waals surface area contributed by atoms with Crippen molar-refractivity contribution in [3.05, 3.63) is 94.5 Å². The van der Waals surface area contributed by atoms with Gasteiger partial charge in [0.05, 0.1) is 36.2 Å². The molecule has 1 fully saturated rings. The van der Waals surface area contributed by atoms with Crippen LogP contribution >= 0.6 is 0 Å². The van der Waals surface area contributed by atoms with E-state index in [9.17, 15) is 14.7 Å². The maximum absolute atomic E-state index is 13.0. The zero-order chi connectivity index (χ0) is 30.5. The van der Waals surface area contributed by atoms with Crippen molar-refractivity contribution in [3.8, 4) is 5.88 Å². The summed E-state index contributed by atoms with van der Waals surface area (Å²) in [5.74, 6) is -0.773. The van der Waals surface area contributed by atoms with Gasteiger partial charge in [0.25, 0.3) is 5.91 Å². The summed E-state index contributed by atoms with van der Waals surface area (Å²) in [4.78, 5) is 41.2. The molecule has 1 amide bonds. The number of carbonyl (C=O) groups excluding carboxylic acids is 2. The molecule has 1 aliphatic rings. The van der Waals surface area contributed by atoms with Crippen molar-refractivity contribution in [2.24, 2.45) is 4.99 Å². The number of nitrogens with one attached hydrogen (secondary N) is 2. The number of amides is 1. The molecule has 5 rings (SSSR count). The Bertz CT molecular complexity index is 1630. The fraction of sp³-hybridized carbons (Fsp3) is 0.303. The van der Waals surface area contributed by atoms with Gasteiger partial charge in [0.1, 0.15) is 0 Å². The number of rotatable bonds is 9. The van der Waals surface area contributed by atoms with Gasteiger partial charge in [0.15, 0.2) is 5.88 Å². The highest BCUT2D eigenvalue weighted by Crippen LogP contribution is 2.33. The van der Waals surface area contributed by atoms with Gasteiger partial charge in [-0.05, 0) is 55.8 Å². The minimum absolute atomic E-state index is 0.0696. The third kappa shape index (κ3) is 6.77. The van der Waals surface area contributed by atoms with Crippen LogP contribution in [0.1, 0.15) is 44.3 Å². The lowest BCUT2D eigenvalue weighted by molar-refractivity contribution is -0.110. The number of methoxy groups -OCH3 is 1. The zero-order valence-corrected chi connectivity index (χ0v) is 24.9. The number of esters is 1. The number of hydrogen-bond donors (Lipinski definition) is 3. The minimum Gasteiger partial charge on any atom is -0.494 e. The number of aromatic amines is 1. The second-order valence-electron chi connectivity index (χ2n) is 10.7. The fourth-order valence-corrected chi connectivity index (χ4v) is 5.34. The van der Waals surface area contributed by atoms with Gasteiger partial charge in [0.2, 0.25) is 0 Å². The smallest absolute Gasteiger partial charge is 0.338 e. The molecule has 3 aromatic carbocycles. The quantitative estimate of drug-likeness (QED) is 0.151. The highest BCUT2D eigenvalue weighted by atomic mass is 16.7. The number of hydroxylamine groups is 2. The zero-order valence-electron chi connectivity index (χ0n) is 24.9. The summed E-state index contributed by atoms with van der Waals surface area (Å²) in [7, 11) is 2.96. The third-order valence-corrected chi connectivity index (χ3v) is 7.60. The molecule has 2 heterocycles. The molecule has 1 unspecified atom stereocenters. The molecule has 0 radical (unpaired) electrons. The maximum Gasteiger partial charge on any atom is 0.338 e. The van der Waals surface area contributed by atoms with Gasteiger partial charge in [0, 0.05) is 61.3 Å². The Balaban J connectivity index is 1.39. The molecular formula is C33H37N5O5. The number of H-pyrrole nitrogens is 1. The maximum atomic E-state index is 13.0. The topological polar surface area (TPSA) is 119 Å². The first-order valence-electron chi connectivity index (χ1n) is 14.3. The van der Waals surface area contributed by atoms with Crippen LogP contribution in [0.25, 0.3) is 10.9 Å². The molecular weight excluding hydrogens is 546 g/mol. The Hall–Kier alpha value is -4.51. The first-order valence-corrected chi connectivity index (χ1v) is 14.3. The number of ether oxygens (including phenoxy) is 1. The number of piperazine rings is 1. The average Bonchev–Trinajstić information content (AvgIpc) is 3.33. The Labute approximate surface area is 250 Å². The van der Waals surface area contributed by atoms with Gasteiger partial charge in [-0.15, -0.1) is 0 Å². The van der Waals surface area contributed by atoms with E-state index in [0.717, 1.165) is 31.7 Å². The van der Waals surface area contributed by atoms with Gasteiger partial charge in [-0.3, -0.25) is 14.5 Å². The van der Waals surface area contributed by atoms with Crippen LogP contribution in [0.2, 0.25) is 0 Å². The van der Waals surface area contributed by atoms with Crippen LogP contribution in [-0.4, -0.2) is 90.6 Å². The van der Waals surface area contributed by atoms with Crippen LogP contribution in [0.5, 0.6) is 5.88 Å². The van der Waals surface area contributed by atoms with Crippen LogP contribution < -0.4 is 5.32 Å². The summed E-state index contributed by atoms with van der Waals surface area (Å²) in [6.07, 6.45) is 0. The van der Waals surface area contributed by atoms with E-state index in [1.54, 1.807) is 37.4 Å². The Morgan fingerprint density at radius 3 is 2.53 bits per heavy atom. The lowest BCUT2D eigenvalue weighted by Gasteiger charge is -2.31. The Morgan fingerprint density at radius 1 is 1.09 bits per heavy atom. The van der Waals surface area contributed by atoms with Crippen LogP contribution in [-0.2, 0) is 9.57 Å². The van der Waals surface area contributed by atoms with Crippen molar-refractivity contribution in [1.29, 1.82) is 0 Å². The normalized spacial score (nSPS) is 15.9. The summed E-state index contributed by atoms with van der Waals surface area (Å²) in [5.41, 5.74) is 4.61. The average molecular weight is 584 g/mol. The van der Waals surface area contributed by atoms with Crippen LogP contribution in [0.3, 0.4) is 0 Å². The number of benzene rings is 3. The Kier molecular flexibility index (Phi) is 9.20. The molecule has 3 N–H and O–H groups in total. The number of aliphatic imine (C=N–C) groups is 1. The summed E-state index contributed by atoms with van der Waals surface area (Å²) >= 11 is 0. The van der Waals surface area contributed by atoms with Crippen LogP contribution in [0, 0.1) is 6.92 Å². The van der Waals surface area contributed by atoms with Crippen molar-refractivity contribution < 1.29 is 24.3 Å². The van der Waals surface area contributed by atoms with Gasteiger partial charge in [-0.1, -0.05) is 30.3 Å². The largest absolute Gasteiger partial charge is 0.494 e. The van der Waals surface area contributed by atoms with Crippen LogP contribution in [0.4, 0.5) is 5.69 Å². The van der Waals surface area contributed by atoms with E-state index in [-0.39, 0.29) is 11.8 Å². The highest BCUT2D eigenvalue weighted by Gasteiger charge is 2.22. The molecule has 1 aromatic heterocycles.